The minimum absolute atomic E-state index is 0.0776. The standard InChI is InChI=1S/C18H21F2N3O/c19-18(20)5-7-22(11-15-3-9-24-12-15)13-17(18)4-8-23(14-17)16-2-1-6-21-10-16/h1-3,6,9-10,12H,4-5,7-8,11,13-14H2/t17-/m0/s1. The summed E-state index contributed by atoms with van der Waals surface area (Å²) in [6.45, 7) is 2.55. The maximum atomic E-state index is 14.8. The van der Waals surface area contributed by atoms with Gasteiger partial charge >= 0.3 is 0 Å². The fourth-order valence-corrected chi connectivity index (χ4v) is 4.02. The van der Waals surface area contributed by atoms with Crippen LogP contribution in [0.25, 0.3) is 0 Å². The van der Waals surface area contributed by atoms with Crippen LogP contribution in [-0.4, -0.2) is 42.0 Å². The molecule has 4 heterocycles. The molecule has 2 aliphatic heterocycles. The Kier molecular flexibility index (Phi) is 3.79. The molecule has 1 spiro atoms. The highest BCUT2D eigenvalue weighted by Crippen LogP contribution is 2.50. The Morgan fingerprint density at radius 3 is 2.83 bits per heavy atom. The molecule has 2 saturated heterocycles. The first-order valence-corrected chi connectivity index (χ1v) is 8.34. The summed E-state index contributed by atoms with van der Waals surface area (Å²) in [6, 6.07) is 5.69. The van der Waals surface area contributed by atoms with Crippen molar-refractivity contribution in [2.75, 3.05) is 31.1 Å². The van der Waals surface area contributed by atoms with Crippen molar-refractivity contribution in [2.24, 2.45) is 5.41 Å². The summed E-state index contributed by atoms with van der Waals surface area (Å²) in [5.74, 6) is -2.63. The topological polar surface area (TPSA) is 32.5 Å². The molecule has 0 bridgehead atoms. The monoisotopic (exact) mass is 333 g/mol. The van der Waals surface area contributed by atoms with Crippen molar-refractivity contribution in [1.82, 2.24) is 9.88 Å². The van der Waals surface area contributed by atoms with E-state index >= 15 is 0 Å². The van der Waals surface area contributed by atoms with Gasteiger partial charge in [-0.25, -0.2) is 8.78 Å². The highest BCUT2D eigenvalue weighted by Gasteiger charge is 2.59. The normalized spacial score (nSPS) is 27.0. The van der Waals surface area contributed by atoms with Gasteiger partial charge in [0, 0.05) is 50.9 Å². The molecule has 4 rings (SSSR count). The summed E-state index contributed by atoms with van der Waals surface area (Å²) in [5.41, 5.74) is 0.986. The molecular weight excluding hydrogens is 312 g/mol. The summed E-state index contributed by atoms with van der Waals surface area (Å²) in [5, 5.41) is 0. The van der Waals surface area contributed by atoms with E-state index in [1.54, 1.807) is 24.9 Å². The van der Waals surface area contributed by atoms with Gasteiger partial charge in [-0.1, -0.05) is 0 Å². The Labute approximate surface area is 140 Å². The summed E-state index contributed by atoms with van der Waals surface area (Å²) in [6.07, 6.45) is 7.21. The molecule has 1 atom stereocenters. The largest absolute Gasteiger partial charge is 0.472 e. The summed E-state index contributed by atoms with van der Waals surface area (Å²) >= 11 is 0. The third kappa shape index (κ3) is 2.69. The number of alkyl halides is 2. The predicted molar refractivity (Wildman–Crippen MR) is 87.0 cm³/mol. The molecular formula is C18H21F2N3O. The zero-order valence-electron chi connectivity index (χ0n) is 13.5. The van der Waals surface area contributed by atoms with Crippen LogP contribution in [0.4, 0.5) is 14.5 Å². The van der Waals surface area contributed by atoms with E-state index < -0.39 is 11.3 Å². The molecule has 4 nitrogen and oxygen atoms in total. The molecule has 2 fully saturated rings. The number of anilines is 1. The smallest absolute Gasteiger partial charge is 0.257 e. The number of furan rings is 1. The molecule has 24 heavy (non-hydrogen) atoms. The average Bonchev–Trinajstić information content (AvgIpc) is 3.23. The van der Waals surface area contributed by atoms with Crippen molar-refractivity contribution in [1.29, 1.82) is 0 Å². The number of halogens is 2. The van der Waals surface area contributed by atoms with Crippen molar-refractivity contribution < 1.29 is 13.2 Å². The van der Waals surface area contributed by atoms with Crippen LogP contribution < -0.4 is 4.90 Å². The Bertz CT molecular complexity index is 677. The van der Waals surface area contributed by atoms with Gasteiger partial charge in [-0.3, -0.25) is 9.88 Å². The number of rotatable bonds is 3. The second kappa shape index (κ2) is 5.84. The maximum absolute atomic E-state index is 14.8. The molecule has 0 amide bonds. The third-order valence-electron chi connectivity index (χ3n) is 5.40. The Hall–Kier alpha value is -1.95. The molecule has 6 heteroatoms. The lowest BCUT2D eigenvalue weighted by Gasteiger charge is -2.46. The number of aromatic nitrogens is 1. The van der Waals surface area contributed by atoms with Crippen molar-refractivity contribution in [3.05, 3.63) is 48.7 Å². The SMILES string of the molecule is FC1(F)CCN(Cc2ccoc2)C[C@]12CCN(c1cccnc1)C2. The van der Waals surface area contributed by atoms with Gasteiger partial charge in [0.15, 0.2) is 0 Å². The number of hydrogen-bond acceptors (Lipinski definition) is 4. The first-order valence-electron chi connectivity index (χ1n) is 8.34. The molecule has 0 N–H and O–H groups in total. The van der Waals surface area contributed by atoms with E-state index in [4.69, 9.17) is 4.42 Å². The van der Waals surface area contributed by atoms with Gasteiger partial charge in [0.2, 0.25) is 0 Å². The van der Waals surface area contributed by atoms with Gasteiger partial charge in [0.25, 0.3) is 5.92 Å². The van der Waals surface area contributed by atoms with Crippen LogP contribution in [0.2, 0.25) is 0 Å². The quantitative estimate of drug-likeness (QED) is 0.862. The highest BCUT2D eigenvalue weighted by atomic mass is 19.3. The van der Waals surface area contributed by atoms with Gasteiger partial charge in [-0.2, -0.15) is 0 Å². The predicted octanol–water partition coefficient (Wildman–Crippen LogP) is 3.41. The van der Waals surface area contributed by atoms with Gasteiger partial charge in [0.05, 0.1) is 29.8 Å². The maximum Gasteiger partial charge on any atom is 0.257 e. The van der Waals surface area contributed by atoms with Gasteiger partial charge in [-0.05, 0) is 24.6 Å². The van der Waals surface area contributed by atoms with Crippen LogP contribution in [0.1, 0.15) is 18.4 Å². The molecule has 0 unspecified atom stereocenters. The van der Waals surface area contributed by atoms with Crippen LogP contribution in [-0.2, 0) is 6.54 Å². The van der Waals surface area contributed by atoms with Gasteiger partial charge in [-0.15, -0.1) is 0 Å². The first-order chi connectivity index (χ1) is 11.6. The minimum Gasteiger partial charge on any atom is -0.472 e. The van der Waals surface area contributed by atoms with Crippen LogP contribution >= 0.6 is 0 Å². The van der Waals surface area contributed by atoms with E-state index in [9.17, 15) is 8.78 Å². The van der Waals surface area contributed by atoms with E-state index in [0.29, 0.717) is 39.1 Å². The fourth-order valence-electron chi connectivity index (χ4n) is 4.02. The van der Waals surface area contributed by atoms with Gasteiger partial charge < -0.3 is 9.32 Å². The lowest BCUT2D eigenvalue weighted by atomic mass is 9.75. The zero-order valence-corrected chi connectivity index (χ0v) is 13.5. The summed E-state index contributed by atoms with van der Waals surface area (Å²) < 4.78 is 34.7. The number of likely N-dealkylation sites (tertiary alicyclic amines) is 1. The Morgan fingerprint density at radius 1 is 1.17 bits per heavy atom. The van der Waals surface area contributed by atoms with E-state index in [-0.39, 0.29) is 6.42 Å². The van der Waals surface area contributed by atoms with Crippen LogP contribution in [0.5, 0.6) is 0 Å². The Balaban J connectivity index is 1.53. The van der Waals surface area contributed by atoms with Crippen molar-refractivity contribution in [3.8, 4) is 0 Å². The van der Waals surface area contributed by atoms with E-state index in [0.717, 1.165) is 11.3 Å². The molecule has 0 saturated carbocycles. The second-order valence-corrected chi connectivity index (χ2v) is 6.96. The average molecular weight is 333 g/mol. The van der Waals surface area contributed by atoms with Crippen LogP contribution in [0, 0.1) is 5.41 Å². The molecule has 0 aromatic carbocycles. The second-order valence-electron chi connectivity index (χ2n) is 6.96. The molecule has 128 valence electrons. The van der Waals surface area contributed by atoms with Crippen molar-refractivity contribution in [3.63, 3.8) is 0 Å². The number of piperidine rings is 1. The van der Waals surface area contributed by atoms with Crippen LogP contribution in [0.15, 0.2) is 47.5 Å². The van der Waals surface area contributed by atoms with Crippen LogP contribution in [0.3, 0.4) is 0 Å². The van der Waals surface area contributed by atoms with Gasteiger partial charge in [0.1, 0.15) is 0 Å². The van der Waals surface area contributed by atoms with Crippen molar-refractivity contribution in [2.45, 2.75) is 25.3 Å². The molecule has 2 aliphatic rings. The lowest BCUT2D eigenvalue weighted by Crippen LogP contribution is -2.56. The lowest BCUT2D eigenvalue weighted by molar-refractivity contribution is -0.158. The number of pyridine rings is 1. The van der Waals surface area contributed by atoms with Crippen molar-refractivity contribution >= 4 is 5.69 Å². The van der Waals surface area contributed by atoms with E-state index in [2.05, 4.69) is 9.88 Å². The summed E-state index contributed by atoms with van der Waals surface area (Å²) in [4.78, 5) is 8.29. The minimum atomic E-state index is -2.63. The highest BCUT2D eigenvalue weighted by molar-refractivity contribution is 5.45. The zero-order chi connectivity index (χ0) is 16.6. The number of hydrogen-bond donors (Lipinski definition) is 0. The van der Waals surface area contributed by atoms with E-state index in [1.807, 2.05) is 23.1 Å². The number of nitrogens with zero attached hydrogens (tertiary/aromatic N) is 3. The first kappa shape index (κ1) is 15.6. The molecule has 2 aromatic rings. The molecule has 2 aromatic heterocycles. The summed E-state index contributed by atoms with van der Waals surface area (Å²) in [7, 11) is 0. The third-order valence-corrected chi connectivity index (χ3v) is 5.40. The Morgan fingerprint density at radius 2 is 2.08 bits per heavy atom. The molecule has 0 aliphatic carbocycles. The molecule has 0 radical (unpaired) electrons. The fraction of sp³-hybridized carbons (Fsp3) is 0.500. The van der Waals surface area contributed by atoms with E-state index in [1.165, 1.54) is 0 Å².